The minimum atomic E-state index is -3.66. The summed E-state index contributed by atoms with van der Waals surface area (Å²) in [6, 6.07) is 11.4. The van der Waals surface area contributed by atoms with Gasteiger partial charge in [-0.2, -0.15) is 4.31 Å². The predicted molar refractivity (Wildman–Crippen MR) is 82.4 cm³/mol. The first kappa shape index (κ1) is 15.3. The first-order valence-corrected chi connectivity index (χ1v) is 7.85. The van der Waals surface area contributed by atoms with Crippen molar-refractivity contribution in [3.63, 3.8) is 0 Å². The lowest BCUT2D eigenvalue weighted by molar-refractivity contribution is 0.463. The molecular formula is C15H18N2O3S. The summed E-state index contributed by atoms with van der Waals surface area (Å²) < 4.78 is 26.5. The van der Waals surface area contributed by atoms with Crippen molar-refractivity contribution in [2.24, 2.45) is 0 Å². The summed E-state index contributed by atoms with van der Waals surface area (Å²) in [6.07, 6.45) is 0. The minimum absolute atomic E-state index is 0.145. The van der Waals surface area contributed by atoms with Crippen molar-refractivity contribution in [1.82, 2.24) is 4.31 Å². The fourth-order valence-corrected chi connectivity index (χ4v) is 3.60. The van der Waals surface area contributed by atoms with Crippen molar-refractivity contribution in [2.45, 2.75) is 18.4 Å². The zero-order valence-electron chi connectivity index (χ0n) is 11.9. The molecule has 0 aromatic heterocycles. The lowest BCUT2D eigenvalue weighted by atomic mass is 10.2. The van der Waals surface area contributed by atoms with Crippen LogP contribution < -0.4 is 5.73 Å². The molecular weight excluding hydrogens is 288 g/mol. The molecule has 2 rings (SSSR count). The van der Waals surface area contributed by atoms with E-state index in [1.807, 2.05) is 0 Å². The number of nitrogen functional groups attached to an aromatic ring is 1. The Hall–Kier alpha value is -2.05. The first-order chi connectivity index (χ1) is 9.82. The van der Waals surface area contributed by atoms with Crippen molar-refractivity contribution < 1.29 is 13.5 Å². The van der Waals surface area contributed by atoms with Gasteiger partial charge in [0.05, 0.1) is 5.69 Å². The van der Waals surface area contributed by atoms with Gasteiger partial charge >= 0.3 is 0 Å². The van der Waals surface area contributed by atoms with Crippen molar-refractivity contribution in [2.75, 3.05) is 12.8 Å². The fourth-order valence-electron chi connectivity index (χ4n) is 2.13. The van der Waals surface area contributed by atoms with Crippen LogP contribution in [0.2, 0.25) is 0 Å². The molecule has 5 nitrogen and oxygen atoms in total. The van der Waals surface area contributed by atoms with Crippen molar-refractivity contribution in [3.05, 3.63) is 53.6 Å². The van der Waals surface area contributed by atoms with Crippen LogP contribution >= 0.6 is 0 Å². The highest BCUT2D eigenvalue weighted by atomic mass is 32.2. The van der Waals surface area contributed by atoms with E-state index in [2.05, 4.69) is 0 Å². The van der Waals surface area contributed by atoms with Gasteiger partial charge in [0.1, 0.15) is 10.6 Å². The van der Waals surface area contributed by atoms with Crippen LogP contribution in [-0.4, -0.2) is 24.9 Å². The molecule has 2 aromatic rings. The lowest BCUT2D eigenvalue weighted by Gasteiger charge is -2.20. The van der Waals surface area contributed by atoms with Crippen molar-refractivity contribution >= 4 is 15.7 Å². The normalized spacial score (nSPS) is 11.8. The van der Waals surface area contributed by atoms with E-state index in [0.29, 0.717) is 5.56 Å². The number of hydrogen-bond acceptors (Lipinski definition) is 4. The van der Waals surface area contributed by atoms with E-state index < -0.39 is 10.0 Å². The number of phenols is 1. The molecule has 0 aliphatic heterocycles. The zero-order valence-corrected chi connectivity index (χ0v) is 12.8. The maximum absolute atomic E-state index is 12.6. The molecule has 6 heteroatoms. The number of nitrogens with zero attached hydrogens (tertiary/aromatic N) is 1. The third kappa shape index (κ3) is 3.17. The molecule has 0 aliphatic carbocycles. The van der Waals surface area contributed by atoms with Crippen LogP contribution in [0.25, 0.3) is 0 Å². The molecule has 0 atom stereocenters. The Kier molecular flexibility index (Phi) is 4.20. The van der Waals surface area contributed by atoms with E-state index in [-0.39, 0.29) is 22.9 Å². The number of phenolic OH excluding ortho intramolecular Hbond substituents is 1. The molecule has 21 heavy (non-hydrogen) atoms. The number of anilines is 1. The molecule has 0 unspecified atom stereocenters. The monoisotopic (exact) mass is 306 g/mol. The lowest BCUT2D eigenvalue weighted by Crippen LogP contribution is -2.27. The van der Waals surface area contributed by atoms with Gasteiger partial charge in [0, 0.05) is 13.6 Å². The van der Waals surface area contributed by atoms with Crippen LogP contribution in [0, 0.1) is 6.92 Å². The highest BCUT2D eigenvalue weighted by Crippen LogP contribution is 2.26. The standard InChI is InChI=1S/C15H18N2O3S/c1-11-4-3-5-14(16)15(11)21(19,20)17(2)10-12-6-8-13(18)9-7-12/h3-9,18H,10,16H2,1-2H3. The number of sulfonamides is 1. The van der Waals surface area contributed by atoms with Crippen LogP contribution in [0.4, 0.5) is 5.69 Å². The smallest absolute Gasteiger partial charge is 0.245 e. The minimum Gasteiger partial charge on any atom is -0.508 e. The second kappa shape index (κ2) is 5.75. The third-order valence-electron chi connectivity index (χ3n) is 3.25. The largest absolute Gasteiger partial charge is 0.508 e. The Bertz CT molecular complexity index is 720. The zero-order chi connectivity index (χ0) is 15.6. The molecule has 0 saturated heterocycles. The Balaban J connectivity index is 2.33. The Labute approximate surface area is 124 Å². The molecule has 0 spiro atoms. The van der Waals surface area contributed by atoms with Crippen molar-refractivity contribution in [3.8, 4) is 5.75 Å². The van der Waals surface area contributed by atoms with E-state index in [1.54, 1.807) is 37.3 Å². The number of aromatic hydroxyl groups is 1. The van der Waals surface area contributed by atoms with E-state index >= 15 is 0 Å². The molecule has 3 N–H and O–H groups in total. The summed E-state index contributed by atoms with van der Waals surface area (Å²) in [7, 11) is -2.15. The van der Waals surface area contributed by atoms with Gasteiger partial charge < -0.3 is 10.8 Å². The predicted octanol–water partition coefficient (Wildman–Crippen LogP) is 2.10. The van der Waals surface area contributed by atoms with Gasteiger partial charge in [0.2, 0.25) is 10.0 Å². The third-order valence-corrected chi connectivity index (χ3v) is 5.28. The second-order valence-electron chi connectivity index (χ2n) is 4.92. The fraction of sp³-hybridized carbons (Fsp3) is 0.200. The summed E-state index contributed by atoms with van der Waals surface area (Å²) in [5, 5.41) is 9.25. The summed E-state index contributed by atoms with van der Waals surface area (Å²) in [4.78, 5) is 0.145. The molecule has 2 aromatic carbocycles. The molecule has 0 aliphatic rings. The maximum atomic E-state index is 12.6. The number of hydrogen-bond donors (Lipinski definition) is 2. The van der Waals surface area contributed by atoms with Gasteiger partial charge in [-0.3, -0.25) is 0 Å². The van der Waals surface area contributed by atoms with Crippen LogP contribution in [0.1, 0.15) is 11.1 Å². The van der Waals surface area contributed by atoms with Gasteiger partial charge in [0.15, 0.2) is 0 Å². The SMILES string of the molecule is Cc1cccc(N)c1S(=O)(=O)N(C)Cc1ccc(O)cc1. The van der Waals surface area contributed by atoms with E-state index in [1.165, 1.54) is 23.5 Å². The number of nitrogens with two attached hydrogens (primary N) is 1. The Morgan fingerprint density at radius 3 is 2.33 bits per heavy atom. The van der Waals surface area contributed by atoms with Crippen LogP contribution in [0.15, 0.2) is 47.4 Å². The molecule has 0 bridgehead atoms. The van der Waals surface area contributed by atoms with Gasteiger partial charge in [0.25, 0.3) is 0 Å². The molecule has 0 saturated carbocycles. The van der Waals surface area contributed by atoms with Crippen LogP contribution in [0.5, 0.6) is 5.75 Å². The second-order valence-corrected chi connectivity index (χ2v) is 6.90. The number of rotatable bonds is 4. The van der Waals surface area contributed by atoms with Gasteiger partial charge in [-0.25, -0.2) is 8.42 Å². The average molecular weight is 306 g/mol. The molecule has 0 radical (unpaired) electrons. The van der Waals surface area contributed by atoms with E-state index in [4.69, 9.17) is 5.73 Å². The van der Waals surface area contributed by atoms with Gasteiger partial charge in [-0.05, 0) is 36.2 Å². The average Bonchev–Trinajstić information content (AvgIpc) is 2.40. The molecule has 0 amide bonds. The summed E-state index contributed by atoms with van der Waals surface area (Å²) in [6.45, 7) is 1.92. The molecule has 0 heterocycles. The topological polar surface area (TPSA) is 83.6 Å². The van der Waals surface area contributed by atoms with E-state index in [0.717, 1.165) is 5.56 Å². The van der Waals surface area contributed by atoms with Crippen LogP contribution in [0.3, 0.4) is 0 Å². The summed E-state index contributed by atoms with van der Waals surface area (Å²) in [5.41, 5.74) is 7.46. The number of aryl methyl sites for hydroxylation is 1. The highest BCUT2D eigenvalue weighted by Gasteiger charge is 2.25. The van der Waals surface area contributed by atoms with Crippen molar-refractivity contribution in [1.29, 1.82) is 0 Å². The van der Waals surface area contributed by atoms with Crippen LogP contribution in [-0.2, 0) is 16.6 Å². The van der Waals surface area contributed by atoms with E-state index in [9.17, 15) is 13.5 Å². The molecule has 0 fully saturated rings. The van der Waals surface area contributed by atoms with Gasteiger partial charge in [-0.15, -0.1) is 0 Å². The molecule has 112 valence electrons. The highest BCUT2D eigenvalue weighted by molar-refractivity contribution is 7.89. The Morgan fingerprint density at radius 1 is 1.14 bits per heavy atom. The Morgan fingerprint density at radius 2 is 1.76 bits per heavy atom. The van der Waals surface area contributed by atoms with Gasteiger partial charge in [-0.1, -0.05) is 24.3 Å². The first-order valence-electron chi connectivity index (χ1n) is 6.41. The summed E-state index contributed by atoms with van der Waals surface area (Å²) >= 11 is 0. The number of benzene rings is 2. The maximum Gasteiger partial charge on any atom is 0.245 e. The quantitative estimate of drug-likeness (QED) is 0.847. The summed E-state index contributed by atoms with van der Waals surface area (Å²) in [5.74, 6) is 0.146.